The van der Waals surface area contributed by atoms with Gasteiger partial charge in [0.25, 0.3) is 15.9 Å². The molecule has 1 aliphatic rings. The molecule has 39 heavy (non-hydrogen) atoms. The first-order valence-corrected chi connectivity index (χ1v) is 14.3. The van der Waals surface area contributed by atoms with Crippen molar-refractivity contribution in [2.75, 3.05) is 26.8 Å². The van der Waals surface area contributed by atoms with Gasteiger partial charge in [0.2, 0.25) is 5.91 Å². The Morgan fingerprint density at radius 2 is 1.74 bits per heavy atom. The van der Waals surface area contributed by atoms with E-state index in [4.69, 9.17) is 9.47 Å². The molecule has 1 heterocycles. The number of hydrogen-bond acceptors (Lipinski definition) is 7. The number of nitrogens with one attached hydrogen (secondary N) is 2. The molecule has 0 unspecified atom stereocenters. The zero-order chi connectivity index (χ0) is 27.7. The molecule has 0 radical (unpaired) electrons. The fraction of sp³-hybridized carbons (Fsp3) is 0.310. The minimum Gasteiger partial charge on any atom is -0.497 e. The number of rotatable bonds is 6. The number of ether oxygens (including phenoxy) is 2. The molecule has 0 saturated heterocycles. The van der Waals surface area contributed by atoms with Gasteiger partial charge in [0.05, 0.1) is 25.2 Å². The van der Waals surface area contributed by atoms with Crippen LogP contribution in [-0.4, -0.2) is 51.9 Å². The Labute approximate surface area is 229 Å². The molecule has 0 aliphatic carbocycles. The lowest BCUT2D eigenvalue weighted by Crippen LogP contribution is -2.38. The van der Waals surface area contributed by atoms with E-state index in [0.717, 1.165) is 24.8 Å². The Morgan fingerprint density at radius 1 is 0.974 bits per heavy atom. The predicted molar refractivity (Wildman–Crippen MR) is 147 cm³/mol. The van der Waals surface area contributed by atoms with Crippen molar-refractivity contribution in [3.8, 4) is 11.5 Å². The van der Waals surface area contributed by atoms with Crippen molar-refractivity contribution in [1.29, 1.82) is 0 Å². The van der Waals surface area contributed by atoms with Gasteiger partial charge in [-0.1, -0.05) is 36.4 Å². The molecule has 10 heteroatoms. The summed E-state index contributed by atoms with van der Waals surface area (Å²) in [6.07, 6.45) is 2.50. The van der Waals surface area contributed by atoms with Crippen LogP contribution in [0.15, 0.2) is 77.7 Å². The van der Waals surface area contributed by atoms with Gasteiger partial charge in [0.1, 0.15) is 11.5 Å². The number of carbonyl (C=O) groups is 2. The lowest BCUT2D eigenvalue weighted by Gasteiger charge is -2.24. The van der Waals surface area contributed by atoms with Crippen molar-refractivity contribution in [3.63, 3.8) is 0 Å². The van der Waals surface area contributed by atoms with E-state index in [-0.39, 0.29) is 29.5 Å². The highest BCUT2D eigenvalue weighted by atomic mass is 32.2. The van der Waals surface area contributed by atoms with Crippen molar-refractivity contribution in [1.82, 2.24) is 14.9 Å². The lowest BCUT2D eigenvalue weighted by atomic mass is 10.0. The number of fused-ring (bicyclic) bond motifs is 1. The molecule has 3 aromatic carbocycles. The molecule has 3 aromatic rings. The molecule has 2 amide bonds. The van der Waals surface area contributed by atoms with Gasteiger partial charge in [-0.05, 0) is 61.2 Å². The highest BCUT2D eigenvalue weighted by Crippen LogP contribution is 2.27. The van der Waals surface area contributed by atoms with Crippen LogP contribution in [0.4, 0.5) is 0 Å². The van der Waals surface area contributed by atoms with Crippen molar-refractivity contribution in [3.05, 3.63) is 89.5 Å². The molecule has 1 aliphatic heterocycles. The molecule has 206 valence electrons. The maximum Gasteiger partial charge on any atom is 0.265 e. The molecule has 2 N–H and O–H groups in total. The molecule has 0 saturated carbocycles. The van der Waals surface area contributed by atoms with E-state index < -0.39 is 15.9 Å². The summed E-state index contributed by atoms with van der Waals surface area (Å²) in [7, 11) is -2.67. The average molecular weight is 552 g/mol. The first kappa shape index (κ1) is 28.1. The van der Waals surface area contributed by atoms with E-state index in [1.54, 1.807) is 18.2 Å². The molecule has 0 bridgehead atoms. The van der Waals surface area contributed by atoms with Crippen molar-refractivity contribution in [2.45, 2.75) is 37.2 Å². The number of hydrogen-bond donors (Lipinski definition) is 2. The first-order chi connectivity index (χ1) is 18.9. The molecule has 0 atom stereocenters. The maximum atomic E-state index is 13.4. The second-order valence-electron chi connectivity index (χ2n) is 9.28. The quantitative estimate of drug-likeness (QED) is 0.482. The van der Waals surface area contributed by atoms with Gasteiger partial charge in [-0.25, -0.2) is 13.1 Å². The van der Waals surface area contributed by atoms with E-state index >= 15 is 0 Å². The van der Waals surface area contributed by atoms with Crippen LogP contribution in [-0.2, 0) is 27.9 Å². The number of sulfonamides is 1. The third-order valence-corrected chi connectivity index (χ3v) is 7.72. The Morgan fingerprint density at radius 3 is 2.49 bits per heavy atom. The summed E-state index contributed by atoms with van der Waals surface area (Å²) < 4.78 is 39.4. The van der Waals surface area contributed by atoms with Crippen LogP contribution in [0.25, 0.3) is 0 Å². The van der Waals surface area contributed by atoms with Crippen molar-refractivity contribution in [2.24, 2.45) is 0 Å². The highest BCUT2D eigenvalue weighted by molar-refractivity contribution is 7.90. The first-order valence-electron chi connectivity index (χ1n) is 12.8. The van der Waals surface area contributed by atoms with Gasteiger partial charge >= 0.3 is 0 Å². The monoisotopic (exact) mass is 551 g/mol. The fourth-order valence-corrected chi connectivity index (χ4v) is 5.34. The summed E-state index contributed by atoms with van der Waals surface area (Å²) in [4.78, 5) is 28.0. The van der Waals surface area contributed by atoms with Crippen LogP contribution in [0, 0.1) is 0 Å². The van der Waals surface area contributed by atoms with Crippen LogP contribution >= 0.6 is 0 Å². The van der Waals surface area contributed by atoms with Gasteiger partial charge in [0, 0.05) is 30.8 Å². The zero-order valence-electron chi connectivity index (χ0n) is 21.9. The topological polar surface area (TPSA) is 114 Å². The van der Waals surface area contributed by atoms with E-state index in [9.17, 15) is 18.0 Å². The summed E-state index contributed by atoms with van der Waals surface area (Å²) in [6.45, 7) is 1.78. The van der Waals surface area contributed by atoms with Crippen LogP contribution in [0.2, 0.25) is 0 Å². The molecular weight excluding hydrogens is 518 g/mol. The zero-order valence-corrected chi connectivity index (χ0v) is 22.7. The van der Waals surface area contributed by atoms with E-state index in [2.05, 4.69) is 10.0 Å². The van der Waals surface area contributed by atoms with Gasteiger partial charge in [-0.3, -0.25) is 14.5 Å². The van der Waals surface area contributed by atoms with Crippen LogP contribution in [0.1, 0.15) is 40.7 Å². The number of carbonyl (C=O) groups excluding carboxylic acids is 2. The van der Waals surface area contributed by atoms with Crippen LogP contribution in [0.5, 0.6) is 11.5 Å². The summed E-state index contributed by atoms with van der Waals surface area (Å²) in [5.74, 6) is 0.0949. The largest absolute Gasteiger partial charge is 0.497 e. The Kier molecular flexibility index (Phi) is 9.56. The molecule has 4 rings (SSSR count). The molecule has 0 aromatic heterocycles. The standard InChI is InChI=1S/C29H33N3O6S/c1-37-23-13-15-24(16-14-23)39(35,36)31-29(34)25-11-8-12-27-26(25)20-32(19-22-9-4-2-5-10-22)21-28(33)30-17-6-3-7-18-38-27/h2,4-5,8-16H,3,6-7,17-21H2,1H3,(H,30,33)(H,31,34). The van der Waals surface area contributed by atoms with Gasteiger partial charge in [-0.15, -0.1) is 0 Å². The minimum atomic E-state index is -4.15. The molecule has 0 fully saturated rings. The Bertz CT molecular complexity index is 1380. The summed E-state index contributed by atoms with van der Waals surface area (Å²) in [6, 6.07) is 20.5. The summed E-state index contributed by atoms with van der Waals surface area (Å²) >= 11 is 0. The third kappa shape index (κ3) is 7.81. The average Bonchev–Trinajstić information content (AvgIpc) is 2.94. The van der Waals surface area contributed by atoms with Gasteiger partial charge in [0.15, 0.2) is 0 Å². The number of methoxy groups -OCH3 is 1. The van der Waals surface area contributed by atoms with Gasteiger partial charge in [-0.2, -0.15) is 0 Å². The maximum absolute atomic E-state index is 13.4. The summed E-state index contributed by atoms with van der Waals surface area (Å²) in [5.41, 5.74) is 1.68. The summed E-state index contributed by atoms with van der Waals surface area (Å²) in [5, 5.41) is 2.97. The number of benzene rings is 3. The van der Waals surface area contributed by atoms with Crippen LogP contribution < -0.4 is 19.5 Å². The third-order valence-electron chi connectivity index (χ3n) is 6.37. The highest BCUT2D eigenvalue weighted by Gasteiger charge is 2.24. The fourth-order valence-electron chi connectivity index (χ4n) is 4.37. The number of amides is 2. The van der Waals surface area contributed by atoms with E-state index in [1.807, 2.05) is 35.2 Å². The normalized spacial score (nSPS) is 15.4. The Hall–Kier alpha value is -3.89. The SMILES string of the molecule is COc1ccc(S(=O)(=O)NC(=O)c2cccc3c2CN(Cc2ccccc2)CC(=O)NCCCCCO3)cc1. The van der Waals surface area contributed by atoms with Crippen molar-refractivity contribution < 1.29 is 27.5 Å². The van der Waals surface area contributed by atoms with E-state index in [1.165, 1.54) is 31.4 Å². The molecular formula is C29H33N3O6S. The smallest absolute Gasteiger partial charge is 0.265 e. The Balaban J connectivity index is 1.66. The molecule has 9 nitrogen and oxygen atoms in total. The predicted octanol–water partition coefficient (Wildman–Crippen LogP) is 3.50. The van der Waals surface area contributed by atoms with Gasteiger partial charge < -0.3 is 14.8 Å². The van der Waals surface area contributed by atoms with E-state index in [0.29, 0.717) is 36.8 Å². The second-order valence-corrected chi connectivity index (χ2v) is 11.0. The minimum absolute atomic E-state index is 0.0635. The van der Waals surface area contributed by atoms with Crippen molar-refractivity contribution >= 4 is 21.8 Å². The van der Waals surface area contributed by atoms with Crippen LogP contribution in [0.3, 0.4) is 0 Å². The molecule has 0 spiro atoms. The number of nitrogens with zero attached hydrogens (tertiary/aromatic N) is 1. The lowest BCUT2D eigenvalue weighted by molar-refractivity contribution is -0.122. The second kappa shape index (κ2) is 13.3.